The molecule has 0 amide bonds. The minimum Gasteiger partial charge on any atom is -0.307 e. The minimum absolute atomic E-state index is 0.0856. The van der Waals surface area contributed by atoms with Crippen LogP contribution >= 0.6 is 0 Å². The lowest BCUT2D eigenvalue weighted by Gasteiger charge is -2.04. The molecule has 0 saturated carbocycles. The van der Waals surface area contributed by atoms with Crippen molar-refractivity contribution in [3.63, 3.8) is 0 Å². The second kappa shape index (κ2) is 2.42. The maximum atomic E-state index is 11.6. The van der Waals surface area contributed by atoms with Gasteiger partial charge in [-0.1, -0.05) is 0 Å². The fraction of sp³-hybridized carbons (Fsp3) is 0.500. The molecule has 1 aromatic heterocycles. The predicted molar refractivity (Wildman–Crippen MR) is 44.8 cm³/mol. The van der Waals surface area contributed by atoms with Crippen LogP contribution in [0.5, 0.6) is 0 Å². The Labute approximate surface area is 70.2 Å². The summed E-state index contributed by atoms with van der Waals surface area (Å²) in [5.41, 5.74) is 1.82. The van der Waals surface area contributed by atoms with Crippen LogP contribution in [0.4, 0.5) is 0 Å². The fourth-order valence-electron chi connectivity index (χ4n) is 1.44. The Morgan fingerprint density at radius 2 is 2.25 bits per heavy atom. The van der Waals surface area contributed by atoms with E-state index in [-0.39, 0.29) is 5.56 Å². The number of aryl methyl sites for hydroxylation is 1. The largest absolute Gasteiger partial charge is 0.307 e. The Bertz CT molecular complexity index is 381. The molecule has 64 valence electrons. The van der Waals surface area contributed by atoms with Gasteiger partial charge >= 0.3 is 0 Å². The first-order valence-electron chi connectivity index (χ1n) is 3.96. The molecule has 0 bridgehead atoms. The zero-order valence-electron chi connectivity index (χ0n) is 7.22. The van der Waals surface area contributed by atoms with Crippen LogP contribution in [0.2, 0.25) is 0 Å². The maximum absolute atomic E-state index is 11.6. The third-order valence-electron chi connectivity index (χ3n) is 2.29. The second-order valence-corrected chi connectivity index (χ2v) is 3.05. The van der Waals surface area contributed by atoms with Crippen molar-refractivity contribution < 1.29 is 0 Å². The number of nitrogens with one attached hydrogen (secondary N) is 1. The third kappa shape index (κ3) is 0.881. The quantitative estimate of drug-likeness (QED) is 0.573. The van der Waals surface area contributed by atoms with Gasteiger partial charge in [0.1, 0.15) is 5.82 Å². The molecule has 1 aromatic rings. The van der Waals surface area contributed by atoms with Gasteiger partial charge in [0.15, 0.2) is 0 Å². The van der Waals surface area contributed by atoms with E-state index in [1.807, 2.05) is 6.92 Å². The lowest BCUT2D eigenvalue weighted by Crippen LogP contribution is -2.24. The number of nitrogens with zero attached hydrogens (tertiary/aromatic N) is 2. The zero-order chi connectivity index (χ0) is 8.72. The number of hydrogen-bond acceptors (Lipinski definition) is 3. The van der Waals surface area contributed by atoms with E-state index in [0.717, 1.165) is 23.6 Å². The van der Waals surface area contributed by atoms with Crippen LogP contribution < -0.4 is 10.9 Å². The van der Waals surface area contributed by atoms with Gasteiger partial charge in [0.2, 0.25) is 0 Å². The summed E-state index contributed by atoms with van der Waals surface area (Å²) in [6.07, 6.45) is 0. The molecule has 1 aliphatic rings. The highest BCUT2D eigenvalue weighted by Gasteiger charge is 2.16. The number of rotatable bonds is 0. The highest BCUT2D eigenvalue weighted by molar-refractivity contribution is 5.22. The molecule has 2 heterocycles. The van der Waals surface area contributed by atoms with E-state index in [1.54, 1.807) is 11.6 Å². The van der Waals surface area contributed by atoms with Gasteiger partial charge in [-0.25, -0.2) is 4.98 Å². The summed E-state index contributed by atoms with van der Waals surface area (Å²) in [6, 6.07) is 0. The lowest BCUT2D eigenvalue weighted by atomic mass is 10.2. The summed E-state index contributed by atoms with van der Waals surface area (Å²) in [5, 5.41) is 3.11. The highest BCUT2D eigenvalue weighted by Crippen LogP contribution is 2.07. The van der Waals surface area contributed by atoms with E-state index in [2.05, 4.69) is 10.3 Å². The monoisotopic (exact) mass is 165 g/mol. The van der Waals surface area contributed by atoms with E-state index >= 15 is 0 Å². The molecule has 0 radical (unpaired) electrons. The highest BCUT2D eigenvalue weighted by atomic mass is 16.1. The van der Waals surface area contributed by atoms with Crippen molar-refractivity contribution in [3.05, 3.63) is 27.4 Å². The van der Waals surface area contributed by atoms with Crippen molar-refractivity contribution in [2.24, 2.45) is 7.05 Å². The van der Waals surface area contributed by atoms with Gasteiger partial charge in [-0.3, -0.25) is 9.36 Å². The van der Waals surface area contributed by atoms with Crippen LogP contribution in [0.3, 0.4) is 0 Å². The van der Waals surface area contributed by atoms with Gasteiger partial charge in [0.05, 0.1) is 11.3 Å². The first-order valence-corrected chi connectivity index (χ1v) is 3.96. The molecule has 0 unspecified atom stereocenters. The molecule has 1 N–H and O–H groups in total. The predicted octanol–water partition coefficient (Wildman–Crippen LogP) is -0.308. The molecule has 0 spiro atoms. The average molecular weight is 165 g/mol. The van der Waals surface area contributed by atoms with Crippen molar-refractivity contribution in [2.75, 3.05) is 0 Å². The molecule has 1 aliphatic heterocycles. The standard InChI is InChI=1S/C8H11N3O/c1-5-10-7-4-9-3-6(7)8(12)11(5)2/h9H,3-4H2,1-2H3. The molecule has 0 saturated heterocycles. The molecule has 2 rings (SSSR count). The Hall–Kier alpha value is -1.16. The Kier molecular flexibility index (Phi) is 1.51. The second-order valence-electron chi connectivity index (χ2n) is 3.05. The van der Waals surface area contributed by atoms with Crippen molar-refractivity contribution in [2.45, 2.75) is 20.0 Å². The van der Waals surface area contributed by atoms with Crippen LogP contribution in [-0.2, 0) is 20.1 Å². The number of fused-ring (bicyclic) bond motifs is 1. The van der Waals surface area contributed by atoms with E-state index in [4.69, 9.17) is 0 Å². The summed E-state index contributed by atoms with van der Waals surface area (Å²) in [6.45, 7) is 3.24. The van der Waals surface area contributed by atoms with Gasteiger partial charge in [-0.15, -0.1) is 0 Å². The molecule has 0 atom stereocenters. The van der Waals surface area contributed by atoms with Crippen LogP contribution in [0.15, 0.2) is 4.79 Å². The third-order valence-corrected chi connectivity index (χ3v) is 2.29. The van der Waals surface area contributed by atoms with Crippen molar-refractivity contribution in [3.8, 4) is 0 Å². The van der Waals surface area contributed by atoms with Gasteiger partial charge in [0.25, 0.3) is 5.56 Å². The van der Waals surface area contributed by atoms with Gasteiger partial charge in [-0.2, -0.15) is 0 Å². The normalized spacial score (nSPS) is 14.8. The summed E-state index contributed by atoms with van der Waals surface area (Å²) < 4.78 is 1.59. The van der Waals surface area contributed by atoms with E-state index in [9.17, 15) is 4.79 Å². The molecular weight excluding hydrogens is 154 g/mol. The molecular formula is C8H11N3O. The van der Waals surface area contributed by atoms with Crippen LogP contribution in [0, 0.1) is 6.92 Å². The van der Waals surface area contributed by atoms with Crippen LogP contribution in [-0.4, -0.2) is 9.55 Å². The maximum Gasteiger partial charge on any atom is 0.258 e. The van der Waals surface area contributed by atoms with Crippen LogP contribution in [0.25, 0.3) is 0 Å². The van der Waals surface area contributed by atoms with Crippen LogP contribution in [0.1, 0.15) is 17.1 Å². The Balaban J connectivity index is 2.76. The summed E-state index contributed by atoms with van der Waals surface area (Å²) in [5.74, 6) is 0.780. The first-order chi connectivity index (χ1) is 5.70. The topological polar surface area (TPSA) is 46.9 Å². The average Bonchev–Trinajstić information content (AvgIpc) is 2.48. The van der Waals surface area contributed by atoms with E-state index in [0.29, 0.717) is 6.54 Å². The summed E-state index contributed by atoms with van der Waals surface area (Å²) >= 11 is 0. The Morgan fingerprint density at radius 1 is 1.50 bits per heavy atom. The van der Waals surface area contributed by atoms with Gasteiger partial charge < -0.3 is 5.32 Å². The lowest BCUT2D eigenvalue weighted by molar-refractivity contribution is 0.753. The summed E-state index contributed by atoms with van der Waals surface area (Å²) in [4.78, 5) is 15.9. The van der Waals surface area contributed by atoms with Gasteiger partial charge in [-0.05, 0) is 6.92 Å². The van der Waals surface area contributed by atoms with Gasteiger partial charge in [0, 0.05) is 20.1 Å². The SMILES string of the molecule is Cc1nc2c(c(=O)n1C)CNC2. The molecule has 0 fully saturated rings. The smallest absolute Gasteiger partial charge is 0.258 e. The minimum atomic E-state index is 0.0856. The van der Waals surface area contributed by atoms with Crippen molar-refractivity contribution >= 4 is 0 Å². The first kappa shape index (κ1) is 7.49. The zero-order valence-corrected chi connectivity index (χ0v) is 7.22. The molecule has 0 aromatic carbocycles. The van der Waals surface area contributed by atoms with E-state index < -0.39 is 0 Å². The van der Waals surface area contributed by atoms with Crippen molar-refractivity contribution in [1.29, 1.82) is 0 Å². The van der Waals surface area contributed by atoms with Crippen molar-refractivity contribution in [1.82, 2.24) is 14.9 Å². The molecule has 0 aliphatic carbocycles. The molecule has 4 heteroatoms. The molecule has 4 nitrogen and oxygen atoms in total. The fourth-order valence-corrected chi connectivity index (χ4v) is 1.44. The van der Waals surface area contributed by atoms with E-state index in [1.165, 1.54) is 0 Å². The molecule has 12 heavy (non-hydrogen) atoms. The number of aromatic nitrogens is 2. The summed E-state index contributed by atoms with van der Waals surface area (Å²) in [7, 11) is 1.75. The Morgan fingerprint density at radius 3 is 3.00 bits per heavy atom. The number of hydrogen-bond donors (Lipinski definition) is 1.